The standard InChI is InChI=1S/C15H15ClFNO/c1-10(11-5-7-13(16)8-6-11)18-9-12-3-2-4-14(17)15(12)19/h2-8,10,18-19H,9H2,1H3. The van der Waals surface area contributed by atoms with Crippen molar-refractivity contribution in [3.05, 3.63) is 64.4 Å². The highest BCUT2D eigenvalue weighted by Crippen LogP contribution is 2.22. The van der Waals surface area contributed by atoms with E-state index in [1.54, 1.807) is 12.1 Å². The zero-order valence-corrected chi connectivity index (χ0v) is 11.3. The van der Waals surface area contributed by atoms with Gasteiger partial charge in [-0.3, -0.25) is 0 Å². The van der Waals surface area contributed by atoms with E-state index >= 15 is 0 Å². The first-order valence-electron chi connectivity index (χ1n) is 6.03. The number of aromatic hydroxyl groups is 1. The molecule has 0 aliphatic heterocycles. The number of hydrogen-bond acceptors (Lipinski definition) is 2. The number of phenols is 1. The van der Waals surface area contributed by atoms with Crippen LogP contribution < -0.4 is 5.32 Å². The van der Waals surface area contributed by atoms with Crippen LogP contribution in [0, 0.1) is 5.82 Å². The molecular weight excluding hydrogens is 265 g/mol. The van der Waals surface area contributed by atoms with E-state index in [2.05, 4.69) is 5.32 Å². The minimum Gasteiger partial charge on any atom is -0.505 e. The molecule has 19 heavy (non-hydrogen) atoms. The van der Waals surface area contributed by atoms with E-state index < -0.39 is 5.82 Å². The number of halogens is 2. The van der Waals surface area contributed by atoms with Gasteiger partial charge in [-0.05, 0) is 30.7 Å². The van der Waals surface area contributed by atoms with Crippen molar-refractivity contribution in [3.63, 3.8) is 0 Å². The van der Waals surface area contributed by atoms with Crippen molar-refractivity contribution in [3.8, 4) is 5.75 Å². The smallest absolute Gasteiger partial charge is 0.165 e. The molecule has 1 unspecified atom stereocenters. The summed E-state index contributed by atoms with van der Waals surface area (Å²) in [4.78, 5) is 0. The fourth-order valence-electron chi connectivity index (χ4n) is 1.84. The number of phenolic OH excluding ortho intramolecular Hbond substituents is 1. The minimum absolute atomic E-state index is 0.0833. The van der Waals surface area contributed by atoms with Gasteiger partial charge >= 0.3 is 0 Å². The van der Waals surface area contributed by atoms with Crippen LogP contribution in [0.15, 0.2) is 42.5 Å². The monoisotopic (exact) mass is 279 g/mol. The maximum atomic E-state index is 13.2. The van der Waals surface area contributed by atoms with Crippen molar-refractivity contribution < 1.29 is 9.50 Å². The molecule has 0 saturated heterocycles. The lowest BCUT2D eigenvalue weighted by Gasteiger charge is -2.15. The summed E-state index contributed by atoms with van der Waals surface area (Å²) in [6, 6.07) is 12.1. The molecule has 2 aromatic rings. The van der Waals surface area contributed by atoms with Gasteiger partial charge in [-0.15, -0.1) is 0 Å². The third-order valence-corrected chi connectivity index (χ3v) is 3.29. The molecule has 0 aliphatic rings. The fraction of sp³-hybridized carbons (Fsp3) is 0.200. The summed E-state index contributed by atoms with van der Waals surface area (Å²) < 4.78 is 13.2. The Morgan fingerprint density at radius 2 is 1.89 bits per heavy atom. The van der Waals surface area contributed by atoms with Gasteiger partial charge in [-0.1, -0.05) is 35.9 Å². The second kappa shape index (κ2) is 6.04. The highest BCUT2D eigenvalue weighted by Gasteiger charge is 2.09. The van der Waals surface area contributed by atoms with E-state index in [-0.39, 0.29) is 11.8 Å². The van der Waals surface area contributed by atoms with Gasteiger partial charge in [0, 0.05) is 23.2 Å². The van der Waals surface area contributed by atoms with Gasteiger partial charge in [-0.2, -0.15) is 0 Å². The van der Waals surface area contributed by atoms with Crippen molar-refractivity contribution in [1.29, 1.82) is 0 Å². The fourth-order valence-corrected chi connectivity index (χ4v) is 1.96. The quantitative estimate of drug-likeness (QED) is 0.885. The first-order chi connectivity index (χ1) is 9.08. The highest BCUT2D eigenvalue weighted by atomic mass is 35.5. The summed E-state index contributed by atoms with van der Waals surface area (Å²) in [6.07, 6.45) is 0. The number of hydrogen-bond donors (Lipinski definition) is 2. The molecule has 1 atom stereocenters. The number of benzene rings is 2. The van der Waals surface area contributed by atoms with E-state index in [0.717, 1.165) is 5.56 Å². The average molecular weight is 280 g/mol. The first-order valence-corrected chi connectivity index (χ1v) is 6.41. The molecule has 0 fully saturated rings. The van der Waals surface area contributed by atoms with Gasteiger partial charge in [0.2, 0.25) is 0 Å². The van der Waals surface area contributed by atoms with Crippen molar-refractivity contribution >= 4 is 11.6 Å². The predicted octanol–water partition coefficient (Wildman–Crippen LogP) is 4.04. The van der Waals surface area contributed by atoms with Crippen LogP contribution in [0.5, 0.6) is 5.75 Å². The maximum Gasteiger partial charge on any atom is 0.165 e. The van der Waals surface area contributed by atoms with Gasteiger partial charge in [-0.25, -0.2) is 4.39 Å². The van der Waals surface area contributed by atoms with Gasteiger partial charge in [0.05, 0.1) is 0 Å². The zero-order chi connectivity index (χ0) is 13.8. The summed E-state index contributed by atoms with van der Waals surface area (Å²) in [7, 11) is 0. The lowest BCUT2D eigenvalue weighted by Crippen LogP contribution is -2.18. The van der Waals surface area contributed by atoms with E-state index in [1.807, 2.05) is 31.2 Å². The highest BCUT2D eigenvalue weighted by molar-refractivity contribution is 6.30. The summed E-state index contributed by atoms with van der Waals surface area (Å²) >= 11 is 5.83. The second-order valence-corrected chi connectivity index (χ2v) is 4.84. The summed E-state index contributed by atoms with van der Waals surface area (Å²) in [6.45, 7) is 2.40. The Morgan fingerprint density at radius 3 is 2.58 bits per heavy atom. The molecule has 2 aromatic carbocycles. The van der Waals surface area contributed by atoms with Crippen molar-refractivity contribution in [1.82, 2.24) is 5.32 Å². The Morgan fingerprint density at radius 1 is 1.21 bits per heavy atom. The van der Waals surface area contributed by atoms with Crippen LogP contribution in [0.25, 0.3) is 0 Å². The molecular formula is C15H15ClFNO. The first kappa shape index (κ1) is 13.8. The molecule has 0 spiro atoms. The van der Waals surface area contributed by atoms with Crippen molar-refractivity contribution in [2.24, 2.45) is 0 Å². The van der Waals surface area contributed by atoms with Gasteiger partial charge < -0.3 is 10.4 Å². The molecule has 2 nitrogen and oxygen atoms in total. The molecule has 2 N–H and O–H groups in total. The summed E-state index contributed by atoms with van der Waals surface area (Å²) in [5.74, 6) is -0.892. The molecule has 0 heterocycles. The predicted molar refractivity (Wildman–Crippen MR) is 74.8 cm³/mol. The maximum absolute atomic E-state index is 13.2. The number of nitrogens with one attached hydrogen (secondary N) is 1. The van der Waals surface area contributed by atoms with E-state index in [9.17, 15) is 9.50 Å². The third-order valence-electron chi connectivity index (χ3n) is 3.04. The number of rotatable bonds is 4. The minimum atomic E-state index is -0.599. The third kappa shape index (κ3) is 3.46. The van der Waals surface area contributed by atoms with Crippen LogP contribution >= 0.6 is 11.6 Å². The molecule has 0 radical (unpaired) electrons. The molecule has 4 heteroatoms. The molecule has 0 bridgehead atoms. The summed E-state index contributed by atoms with van der Waals surface area (Å²) in [5.41, 5.74) is 1.63. The average Bonchev–Trinajstić information content (AvgIpc) is 2.41. The molecule has 0 aliphatic carbocycles. The van der Waals surface area contributed by atoms with Gasteiger partial charge in [0.15, 0.2) is 11.6 Å². The van der Waals surface area contributed by atoms with Crippen LogP contribution in [-0.4, -0.2) is 5.11 Å². The topological polar surface area (TPSA) is 32.3 Å². The second-order valence-electron chi connectivity index (χ2n) is 4.40. The zero-order valence-electron chi connectivity index (χ0n) is 10.5. The van der Waals surface area contributed by atoms with E-state index in [1.165, 1.54) is 6.07 Å². The lowest BCUT2D eigenvalue weighted by atomic mass is 10.1. The van der Waals surface area contributed by atoms with Crippen LogP contribution in [-0.2, 0) is 6.54 Å². The largest absolute Gasteiger partial charge is 0.505 e. The Bertz CT molecular complexity index is 557. The van der Waals surface area contributed by atoms with E-state index in [4.69, 9.17) is 11.6 Å². The Labute approximate surface area is 116 Å². The molecule has 0 saturated carbocycles. The number of para-hydroxylation sites is 1. The van der Waals surface area contributed by atoms with Crippen LogP contribution in [0.1, 0.15) is 24.1 Å². The lowest BCUT2D eigenvalue weighted by molar-refractivity contribution is 0.421. The van der Waals surface area contributed by atoms with Crippen LogP contribution in [0.4, 0.5) is 4.39 Å². The SMILES string of the molecule is CC(NCc1cccc(F)c1O)c1ccc(Cl)cc1. The van der Waals surface area contributed by atoms with Gasteiger partial charge in [0.1, 0.15) is 0 Å². The summed E-state index contributed by atoms with van der Waals surface area (Å²) in [5, 5.41) is 13.5. The Balaban J connectivity index is 2.02. The van der Waals surface area contributed by atoms with Crippen LogP contribution in [0.3, 0.4) is 0 Å². The Hall–Kier alpha value is -1.58. The van der Waals surface area contributed by atoms with E-state index in [0.29, 0.717) is 17.1 Å². The molecule has 2 rings (SSSR count). The molecule has 0 amide bonds. The van der Waals surface area contributed by atoms with Gasteiger partial charge in [0.25, 0.3) is 0 Å². The Kier molecular flexibility index (Phi) is 4.40. The van der Waals surface area contributed by atoms with Crippen molar-refractivity contribution in [2.45, 2.75) is 19.5 Å². The normalized spacial score (nSPS) is 12.4. The van der Waals surface area contributed by atoms with Crippen molar-refractivity contribution in [2.75, 3.05) is 0 Å². The molecule has 0 aromatic heterocycles. The van der Waals surface area contributed by atoms with Crippen LogP contribution in [0.2, 0.25) is 5.02 Å². The molecule has 100 valence electrons.